The van der Waals surface area contributed by atoms with Crippen LogP contribution in [0.5, 0.6) is 0 Å². The van der Waals surface area contributed by atoms with Crippen LogP contribution in [-0.4, -0.2) is 34.7 Å². The summed E-state index contributed by atoms with van der Waals surface area (Å²) >= 11 is 0. The van der Waals surface area contributed by atoms with E-state index < -0.39 is 17.0 Å². The number of rotatable bonds is 2. The van der Waals surface area contributed by atoms with E-state index in [1.54, 1.807) is 20.8 Å². The van der Waals surface area contributed by atoms with E-state index in [2.05, 4.69) is 12.2 Å². The first-order valence-corrected chi connectivity index (χ1v) is 7.33. The topological polar surface area (TPSA) is 66.5 Å². The molecule has 0 aromatic heterocycles. The van der Waals surface area contributed by atoms with Gasteiger partial charge in [0, 0.05) is 5.41 Å². The summed E-state index contributed by atoms with van der Waals surface area (Å²) in [4.78, 5) is 37.8. The van der Waals surface area contributed by atoms with Crippen molar-refractivity contribution >= 4 is 17.7 Å². The largest absolute Gasteiger partial charge is 0.325 e. The Kier molecular flexibility index (Phi) is 3.65. The first kappa shape index (κ1) is 15.0. The highest BCUT2D eigenvalue weighted by atomic mass is 16.2. The molecule has 20 heavy (non-hydrogen) atoms. The molecule has 2 fully saturated rings. The molecule has 0 radical (unpaired) electrons. The second-order valence-electron chi connectivity index (χ2n) is 7.26. The minimum atomic E-state index is -0.748. The quantitative estimate of drug-likeness (QED) is 0.788. The fourth-order valence-electron chi connectivity index (χ4n) is 2.79. The third-order valence-electron chi connectivity index (χ3n) is 4.51. The Hall–Kier alpha value is -1.39. The Labute approximate surface area is 120 Å². The second kappa shape index (κ2) is 4.86. The van der Waals surface area contributed by atoms with Crippen LogP contribution in [0.15, 0.2) is 0 Å². The SMILES string of the molecule is CC1CCC2(CC1)NC(=O)N(CC(=O)C(C)(C)C)C2=O. The van der Waals surface area contributed by atoms with Crippen LogP contribution >= 0.6 is 0 Å². The lowest BCUT2D eigenvalue weighted by Gasteiger charge is -2.33. The van der Waals surface area contributed by atoms with Gasteiger partial charge in [0.2, 0.25) is 0 Å². The maximum atomic E-state index is 12.6. The third kappa shape index (κ3) is 2.58. The van der Waals surface area contributed by atoms with Crippen molar-refractivity contribution < 1.29 is 14.4 Å². The molecule has 0 atom stereocenters. The zero-order valence-electron chi connectivity index (χ0n) is 12.8. The molecule has 2 rings (SSSR count). The van der Waals surface area contributed by atoms with Crippen molar-refractivity contribution in [2.24, 2.45) is 11.3 Å². The van der Waals surface area contributed by atoms with Gasteiger partial charge in [-0.1, -0.05) is 27.7 Å². The number of ketones is 1. The molecule has 1 aliphatic carbocycles. The molecule has 1 aliphatic heterocycles. The molecule has 0 unspecified atom stereocenters. The van der Waals surface area contributed by atoms with Gasteiger partial charge in [-0.05, 0) is 31.6 Å². The summed E-state index contributed by atoms with van der Waals surface area (Å²) in [5, 5.41) is 2.83. The molecule has 0 aromatic rings. The van der Waals surface area contributed by atoms with Crippen LogP contribution in [0.3, 0.4) is 0 Å². The fourth-order valence-corrected chi connectivity index (χ4v) is 2.79. The van der Waals surface area contributed by atoms with E-state index in [1.807, 2.05) is 0 Å². The molecule has 0 bridgehead atoms. The van der Waals surface area contributed by atoms with Gasteiger partial charge in [-0.15, -0.1) is 0 Å². The van der Waals surface area contributed by atoms with Crippen molar-refractivity contribution in [3.05, 3.63) is 0 Å². The predicted molar refractivity (Wildman–Crippen MR) is 75.1 cm³/mol. The number of nitrogens with one attached hydrogen (secondary N) is 1. The van der Waals surface area contributed by atoms with Gasteiger partial charge in [0.1, 0.15) is 5.54 Å². The average Bonchev–Trinajstić information content (AvgIpc) is 2.57. The normalized spacial score (nSPS) is 30.8. The number of amides is 3. The molecule has 1 saturated carbocycles. The number of nitrogens with zero attached hydrogens (tertiary/aromatic N) is 1. The number of carbonyl (C=O) groups is 3. The molecule has 1 spiro atoms. The minimum absolute atomic E-state index is 0.0952. The van der Waals surface area contributed by atoms with E-state index in [9.17, 15) is 14.4 Å². The highest BCUT2D eigenvalue weighted by Crippen LogP contribution is 2.36. The lowest BCUT2D eigenvalue weighted by molar-refractivity contribution is -0.137. The van der Waals surface area contributed by atoms with Gasteiger partial charge in [-0.3, -0.25) is 14.5 Å². The molecule has 2 aliphatic rings. The number of imide groups is 1. The van der Waals surface area contributed by atoms with Gasteiger partial charge < -0.3 is 5.32 Å². The molecule has 0 aromatic carbocycles. The van der Waals surface area contributed by atoms with Crippen molar-refractivity contribution in [1.82, 2.24) is 10.2 Å². The van der Waals surface area contributed by atoms with Gasteiger partial charge in [0.05, 0.1) is 6.54 Å². The van der Waals surface area contributed by atoms with Crippen molar-refractivity contribution in [3.63, 3.8) is 0 Å². The smallest absolute Gasteiger partial charge is 0.323 e. The number of urea groups is 1. The van der Waals surface area contributed by atoms with E-state index in [1.165, 1.54) is 0 Å². The second-order valence-corrected chi connectivity index (χ2v) is 7.26. The van der Waals surface area contributed by atoms with Gasteiger partial charge in [-0.2, -0.15) is 0 Å². The van der Waals surface area contributed by atoms with Crippen molar-refractivity contribution in [1.29, 1.82) is 0 Å². The summed E-state index contributed by atoms with van der Waals surface area (Å²) < 4.78 is 0. The summed E-state index contributed by atoms with van der Waals surface area (Å²) in [6, 6.07) is -0.415. The number of hydrogen-bond acceptors (Lipinski definition) is 3. The van der Waals surface area contributed by atoms with E-state index >= 15 is 0 Å². The maximum absolute atomic E-state index is 12.6. The first-order chi connectivity index (χ1) is 9.16. The van der Waals surface area contributed by atoms with Crippen molar-refractivity contribution in [2.75, 3.05) is 6.54 Å². The molecule has 1 heterocycles. The molecule has 1 saturated heterocycles. The van der Waals surface area contributed by atoms with Gasteiger partial charge in [0.25, 0.3) is 5.91 Å². The molecule has 3 amide bonds. The van der Waals surface area contributed by atoms with Crippen molar-refractivity contribution in [2.45, 2.75) is 58.9 Å². The Balaban J connectivity index is 2.12. The van der Waals surface area contributed by atoms with Gasteiger partial charge in [-0.25, -0.2) is 4.79 Å². The molecule has 5 nitrogen and oxygen atoms in total. The van der Waals surface area contributed by atoms with E-state index in [4.69, 9.17) is 0 Å². The average molecular weight is 280 g/mol. The lowest BCUT2D eigenvalue weighted by atomic mass is 9.77. The minimum Gasteiger partial charge on any atom is -0.323 e. The zero-order chi connectivity index (χ0) is 15.1. The van der Waals surface area contributed by atoms with Crippen LogP contribution in [0.1, 0.15) is 53.4 Å². The predicted octanol–water partition coefficient (Wildman–Crippen LogP) is 2.10. The molecular formula is C15H24N2O3. The van der Waals surface area contributed by atoms with E-state index in [0.29, 0.717) is 18.8 Å². The molecule has 112 valence electrons. The van der Waals surface area contributed by atoms with Crippen LogP contribution in [0.4, 0.5) is 4.79 Å². The summed E-state index contributed by atoms with van der Waals surface area (Å²) in [7, 11) is 0. The summed E-state index contributed by atoms with van der Waals surface area (Å²) in [5.74, 6) is 0.282. The summed E-state index contributed by atoms with van der Waals surface area (Å²) in [6.07, 6.45) is 3.23. The van der Waals surface area contributed by atoms with Crippen LogP contribution in [0.25, 0.3) is 0 Å². The van der Waals surface area contributed by atoms with Gasteiger partial charge in [0.15, 0.2) is 5.78 Å². The fraction of sp³-hybridized carbons (Fsp3) is 0.800. The highest BCUT2D eigenvalue weighted by molar-refractivity contribution is 6.09. The number of hydrogen-bond donors (Lipinski definition) is 1. The molecular weight excluding hydrogens is 256 g/mol. The standard InChI is InChI=1S/C15H24N2O3/c1-10-5-7-15(8-6-10)12(19)17(13(20)16-15)9-11(18)14(2,3)4/h10H,5-9H2,1-4H3,(H,16,20). The summed E-state index contributed by atoms with van der Waals surface area (Å²) in [5.41, 5.74) is -1.29. The maximum Gasteiger partial charge on any atom is 0.325 e. The molecule has 1 N–H and O–H groups in total. The summed E-state index contributed by atoms with van der Waals surface area (Å²) in [6.45, 7) is 7.43. The lowest BCUT2D eigenvalue weighted by Crippen LogP contribution is -2.49. The van der Waals surface area contributed by atoms with Gasteiger partial charge >= 0.3 is 6.03 Å². The molecule has 5 heteroatoms. The number of carbonyl (C=O) groups excluding carboxylic acids is 3. The van der Waals surface area contributed by atoms with E-state index in [-0.39, 0.29) is 18.2 Å². The Morgan fingerprint density at radius 1 is 1.30 bits per heavy atom. The van der Waals surface area contributed by atoms with Crippen LogP contribution in [0.2, 0.25) is 0 Å². The van der Waals surface area contributed by atoms with Crippen LogP contribution < -0.4 is 5.32 Å². The van der Waals surface area contributed by atoms with Crippen molar-refractivity contribution in [3.8, 4) is 0 Å². The van der Waals surface area contributed by atoms with Crippen LogP contribution in [0, 0.1) is 11.3 Å². The Morgan fingerprint density at radius 2 is 1.85 bits per heavy atom. The van der Waals surface area contributed by atoms with E-state index in [0.717, 1.165) is 17.7 Å². The Bertz CT molecular complexity index is 443. The zero-order valence-corrected chi connectivity index (χ0v) is 12.8. The number of Topliss-reactive ketones (excluding diaryl/α,β-unsaturated/α-hetero) is 1. The Morgan fingerprint density at radius 3 is 2.35 bits per heavy atom. The first-order valence-electron chi connectivity index (χ1n) is 7.33. The van der Waals surface area contributed by atoms with Crippen LogP contribution in [-0.2, 0) is 9.59 Å². The third-order valence-corrected chi connectivity index (χ3v) is 4.51. The highest BCUT2D eigenvalue weighted by Gasteiger charge is 2.52. The monoisotopic (exact) mass is 280 g/mol.